The first-order valence-electron chi connectivity index (χ1n) is 6.37. The predicted molar refractivity (Wildman–Crippen MR) is 74.6 cm³/mol. The van der Waals surface area contributed by atoms with E-state index in [1.807, 2.05) is 13.0 Å². The Morgan fingerprint density at radius 3 is 2.65 bits per heavy atom. The number of aryl methyl sites for hydroxylation is 1. The van der Waals surface area contributed by atoms with Crippen LogP contribution < -0.4 is 5.32 Å². The second-order valence-corrected chi connectivity index (χ2v) is 5.18. The van der Waals surface area contributed by atoms with Gasteiger partial charge in [0.15, 0.2) is 0 Å². The Morgan fingerprint density at radius 1 is 1.35 bits per heavy atom. The van der Waals surface area contributed by atoms with Crippen molar-refractivity contribution >= 4 is 22.8 Å². The first-order chi connectivity index (χ1) is 9.40. The Kier molecular flexibility index (Phi) is 3.74. The summed E-state index contributed by atoms with van der Waals surface area (Å²) in [5.74, 6) is -1.65. The highest BCUT2D eigenvalue weighted by Gasteiger charge is 2.25. The molecule has 0 bridgehead atoms. The van der Waals surface area contributed by atoms with Crippen molar-refractivity contribution in [2.45, 2.75) is 26.8 Å². The second-order valence-electron chi connectivity index (χ2n) is 5.18. The van der Waals surface area contributed by atoms with Crippen molar-refractivity contribution in [3.8, 4) is 0 Å². The minimum absolute atomic E-state index is 0.196. The molecule has 1 heterocycles. The maximum absolute atomic E-state index is 12.3. The van der Waals surface area contributed by atoms with E-state index in [4.69, 9.17) is 5.11 Å². The van der Waals surface area contributed by atoms with E-state index >= 15 is 0 Å². The molecule has 20 heavy (non-hydrogen) atoms. The normalized spacial score (nSPS) is 12.6. The summed E-state index contributed by atoms with van der Waals surface area (Å²) in [4.78, 5) is 23.5. The summed E-state index contributed by atoms with van der Waals surface area (Å²) >= 11 is 0. The third-order valence-corrected chi connectivity index (χ3v) is 3.16. The summed E-state index contributed by atoms with van der Waals surface area (Å²) in [6.07, 6.45) is 1.64. The molecule has 0 fully saturated rings. The SMILES string of the molecule is Cc1cc(C(=O)N[C@H](C(=O)O)C(C)C)c2[nH]ncc2c1. The first-order valence-corrected chi connectivity index (χ1v) is 6.37. The van der Waals surface area contributed by atoms with Gasteiger partial charge in [-0.3, -0.25) is 9.89 Å². The number of nitrogens with zero attached hydrogens (tertiary/aromatic N) is 1. The Labute approximate surface area is 116 Å². The van der Waals surface area contributed by atoms with E-state index in [-0.39, 0.29) is 5.92 Å². The fourth-order valence-corrected chi connectivity index (χ4v) is 2.12. The third-order valence-electron chi connectivity index (χ3n) is 3.16. The maximum atomic E-state index is 12.3. The van der Waals surface area contributed by atoms with E-state index in [0.717, 1.165) is 10.9 Å². The molecule has 2 aromatic rings. The van der Waals surface area contributed by atoms with Gasteiger partial charge in [0, 0.05) is 5.39 Å². The number of nitrogens with one attached hydrogen (secondary N) is 2. The van der Waals surface area contributed by atoms with Gasteiger partial charge in [-0.2, -0.15) is 5.10 Å². The van der Waals surface area contributed by atoms with Crippen LogP contribution in [0.15, 0.2) is 18.3 Å². The van der Waals surface area contributed by atoms with Gasteiger partial charge in [0.25, 0.3) is 5.91 Å². The van der Waals surface area contributed by atoms with Gasteiger partial charge in [-0.25, -0.2) is 4.79 Å². The Bertz CT molecular complexity index is 661. The molecule has 0 aliphatic carbocycles. The van der Waals surface area contributed by atoms with E-state index in [0.29, 0.717) is 11.1 Å². The molecule has 106 valence electrons. The van der Waals surface area contributed by atoms with Crippen molar-refractivity contribution in [3.63, 3.8) is 0 Å². The summed E-state index contributed by atoms with van der Waals surface area (Å²) in [6, 6.07) is 2.71. The molecule has 0 saturated carbocycles. The van der Waals surface area contributed by atoms with Crippen LogP contribution in [-0.2, 0) is 4.79 Å². The Balaban J connectivity index is 2.36. The average molecular weight is 275 g/mol. The number of amides is 1. The lowest BCUT2D eigenvalue weighted by Gasteiger charge is -2.18. The summed E-state index contributed by atoms with van der Waals surface area (Å²) in [6.45, 7) is 5.38. The van der Waals surface area contributed by atoms with Gasteiger partial charge in [-0.15, -0.1) is 0 Å². The van der Waals surface area contributed by atoms with Crippen LogP contribution >= 0.6 is 0 Å². The summed E-state index contributed by atoms with van der Waals surface area (Å²) < 4.78 is 0. The molecule has 6 heteroatoms. The zero-order valence-electron chi connectivity index (χ0n) is 11.6. The quantitative estimate of drug-likeness (QED) is 0.791. The van der Waals surface area contributed by atoms with Crippen molar-refractivity contribution < 1.29 is 14.7 Å². The number of fused-ring (bicyclic) bond motifs is 1. The number of carbonyl (C=O) groups excluding carboxylic acids is 1. The zero-order valence-corrected chi connectivity index (χ0v) is 11.6. The van der Waals surface area contributed by atoms with Gasteiger partial charge in [0.2, 0.25) is 0 Å². The number of carboxylic acid groups (broad SMARTS) is 1. The number of H-pyrrole nitrogens is 1. The molecule has 1 atom stereocenters. The van der Waals surface area contributed by atoms with Crippen molar-refractivity contribution in [1.29, 1.82) is 0 Å². The molecule has 2 rings (SSSR count). The molecule has 6 nitrogen and oxygen atoms in total. The topological polar surface area (TPSA) is 95.1 Å². The maximum Gasteiger partial charge on any atom is 0.326 e. The molecule has 3 N–H and O–H groups in total. The predicted octanol–water partition coefficient (Wildman–Crippen LogP) is 1.71. The highest BCUT2D eigenvalue weighted by Crippen LogP contribution is 2.19. The highest BCUT2D eigenvalue weighted by atomic mass is 16.4. The van der Waals surface area contributed by atoms with Gasteiger partial charge in [-0.05, 0) is 30.5 Å². The summed E-state index contributed by atoms with van der Waals surface area (Å²) in [5, 5.41) is 19.2. The van der Waals surface area contributed by atoms with Crippen molar-refractivity contribution in [2.24, 2.45) is 5.92 Å². The number of rotatable bonds is 4. The molecule has 0 aliphatic rings. The van der Waals surface area contributed by atoms with Crippen molar-refractivity contribution in [3.05, 3.63) is 29.5 Å². The van der Waals surface area contributed by atoms with Crippen LogP contribution in [0.2, 0.25) is 0 Å². The first kappa shape index (κ1) is 14.0. The van der Waals surface area contributed by atoms with Crippen LogP contribution in [0.4, 0.5) is 0 Å². The van der Waals surface area contributed by atoms with Gasteiger partial charge < -0.3 is 10.4 Å². The lowest BCUT2D eigenvalue weighted by molar-refractivity contribution is -0.140. The fourth-order valence-electron chi connectivity index (χ4n) is 2.12. The number of carbonyl (C=O) groups is 2. The van der Waals surface area contributed by atoms with Gasteiger partial charge in [-0.1, -0.05) is 13.8 Å². The van der Waals surface area contributed by atoms with Crippen molar-refractivity contribution in [2.75, 3.05) is 0 Å². The number of aromatic amines is 1. The van der Waals surface area contributed by atoms with Gasteiger partial charge >= 0.3 is 5.97 Å². The molecular formula is C14H17N3O3. The number of hydrogen-bond donors (Lipinski definition) is 3. The van der Waals surface area contributed by atoms with E-state index in [1.54, 1.807) is 26.1 Å². The molecular weight excluding hydrogens is 258 g/mol. The molecule has 0 aliphatic heterocycles. The fraction of sp³-hybridized carbons (Fsp3) is 0.357. The molecule has 1 aromatic heterocycles. The monoisotopic (exact) mass is 275 g/mol. The minimum atomic E-state index is -1.04. The molecule has 1 aromatic carbocycles. The molecule has 1 amide bonds. The average Bonchev–Trinajstić information content (AvgIpc) is 2.81. The highest BCUT2D eigenvalue weighted by molar-refractivity contribution is 6.06. The number of benzene rings is 1. The molecule has 0 saturated heterocycles. The third kappa shape index (κ3) is 2.64. The van der Waals surface area contributed by atoms with E-state index in [2.05, 4.69) is 15.5 Å². The van der Waals surface area contributed by atoms with Crippen LogP contribution in [0.3, 0.4) is 0 Å². The lowest BCUT2D eigenvalue weighted by atomic mass is 10.0. The number of aromatic nitrogens is 2. The number of aliphatic carboxylic acids is 1. The number of carboxylic acids is 1. The number of hydrogen-bond acceptors (Lipinski definition) is 3. The second kappa shape index (κ2) is 5.32. The molecule has 0 spiro atoms. The summed E-state index contributed by atoms with van der Waals surface area (Å²) in [7, 11) is 0. The van der Waals surface area contributed by atoms with E-state index in [9.17, 15) is 9.59 Å². The van der Waals surface area contributed by atoms with Crippen molar-refractivity contribution in [1.82, 2.24) is 15.5 Å². The van der Waals surface area contributed by atoms with Crippen LogP contribution in [0.5, 0.6) is 0 Å². The van der Waals surface area contributed by atoms with Gasteiger partial charge in [0.05, 0.1) is 17.3 Å². The summed E-state index contributed by atoms with van der Waals surface area (Å²) in [5.41, 5.74) is 1.94. The zero-order chi connectivity index (χ0) is 14.9. The molecule has 0 unspecified atom stereocenters. The van der Waals surface area contributed by atoms with Crippen LogP contribution in [0.25, 0.3) is 10.9 Å². The van der Waals surface area contributed by atoms with Gasteiger partial charge in [0.1, 0.15) is 6.04 Å². The minimum Gasteiger partial charge on any atom is -0.480 e. The van der Waals surface area contributed by atoms with E-state index < -0.39 is 17.9 Å². The van der Waals surface area contributed by atoms with Crippen LogP contribution in [-0.4, -0.2) is 33.2 Å². The van der Waals surface area contributed by atoms with E-state index in [1.165, 1.54) is 0 Å². The molecule has 0 radical (unpaired) electrons. The largest absolute Gasteiger partial charge is 0.480 e. The standard InChI is InChI=1S/C14H17N3O3/c1-7(2)11(14(19)20)16-13(18)10-5-8(3)4-9-6-15-17-12(9)10/h4-7,11H,1-3H3,(H,15,17)(H,16,18)(H,19,20)/t11-/m0/s1. The van der Waals surface area contributed by atoms with Crippen LogP contribution in [0, 0.1) is 12.8 Å². The Morgan fingerprint density at radius 2 is 2.05 bits per heavy atom. The lowest BCUT2D eigenvalue weighted by Crippen LogP contribution is -2.44. The smallest absolute Gasteiger partial charge is 0.326 e. The van der Waals surface area contributed by atoms with Crippen LogP contribution in [0.1, 0.15) is 29.8 Å². The Hall–Kier alpha value is -2.37.